The van der Waals surface area contributed by atoms with E-state index in [0.29, 0.717) is 23.0 Å². The van der Waals surface area contributed by atoms with Crippen LogP contribution in [0.5, 0.6) is 5.75 Å². The zero-order valence-electron chi connectivity index (χ0n) is 20.7. The zero-order chi connectivity index (χ0) is 24.2. The van der Waals surface area contributed by atoms with E-state index in [2.05, 4.69) is 53.2 Å². The summed E-state index contributed by atoms with van der Waals surface area (Å²) in [5.74, 6) is 0.170. The lowest BCUT2D eigenvalue weighted by molar-refractivity contribution is 0.100. The van der Waals surface area contributed by atoms with Gasteiger partial charge in [-0.15, -0.1) is 23.7 Å². The Hall–Kier alpha value is -2.81. The number of carbonyl (C=O) groups excluding carboxylic acids is 1. The second-order valence-corrected chi connectivity index (χ2v) is 9.93. The van der Waals surface area contributed by atoms with E-state index in [-0.39, 0.29) is 18.5 Å². The Morgan fingerprint density at radius 2 is 1.74 bits per heavy atom. The van der Waals surface area contributed by atoms with Gasteiger partial charge in [0.15, 0.2) is 5.13 Å². The maximum absolute atomic E-state index is 11.7. The minimum absolute atomic E-state index is 0. The summed E-state index contributed by atoms with van der Waals surface area (Å²) in [4.78, 5) is 21.4. The van der Waals surface area contributed by atoms with Gasteiger partial charge in [0.2, 0.25) is 5.91 Å². The number of rotatable bonds is 8. The van der Waals surface area contributed by atoms with E-state index < -0.39 is 5.91 Å². The molecule has 0 saturated carbocycles. The van der Waals surface area contributed by atoms with E-state index in [9.17, 15) is 4.79 Å². The Morgan fingerprint density at radius 3 is 2.34 bits per heavy atom. The summed E-state index contributed by atoms with van der Waals surface area (Å²) in [5.41, 5.74) is 9.77. The summed E-state index contributed by atoms with van der Waals surface area (Å²) in [5, 5.41) is 6.05. The summed E-state index contributed by atoms with van der Waals surface area (Å²) < 4.78 is 5.89. The average Bonchev–Trinajstić information content (AvgIpc) is 3.28. The lowest BCUT2D eigenvalue weighted by Crippen LogP contribution is -2.48. The van der Waals surface area contributed by atoms with Crippen LogP contribution < -0.4 is 20.7 Å². The van der Waals surface area contributed by atoms with Crippen LogP contribution in [0.3, 0.4) is 0 Å². The Kier molecular flexibility index (Phi) is 8.99. The second-order valence-electron chi connectivity index (χ2n) is 9.07. The average molecular weight is 516 g/mol. The molecule has 4 rings (SSSR count). The van der Waals surface area contributed by atoms with Crippen molar-refractivity contribution in [3.05, 3.63) is 53.4 Å². The highest BCUT2D eigenvalue weighted by Gasteiger charge is 2.19. The first-order valence-corrected chi connectivity index (χ1v) is 12.6. The van der Waals surface area contributed by atoms with Gasteiger partial charge in [0.1, 0.15) is 5.75 Å². The molecule has 1 fully saturated rings. The number of nitrogens with two attached hydrogens (primary N) is 1. The topological polar surface area (TPSA) is 83.7 Å². The van der Waals surface area contributed by atoms with Crippen molar-refractivity contribution < 1.29 is 9.53 Å². The number of ether oxygens (including phenoxy) is 1. The highest BCUT2D eigenvalue weighted by atomic mass is 35.5. The van der Waals surface area contributed by atoms with E-state index >= 15 is 0 Å². The monoisotopic (exact) mass is 515 g/mol. The van der Waals surface area contributed by atoms with Gasteiger partial charge in [0.25, 0.3) is 0 Å². The van der Waals surface area contributed by atoms with E-state index in [1.165, 1.54) is 17.0 Å². The number of halogens is 1. The fourth-order valence-corrected chi connectivity index (χ4v) is 4.79. The molecule has 188 valence electrons. The van der Waals surface area contributed by atoms with Crippen LogP contribution >= 0.6 is 23.7 Å². The van der Waals surface area contributed by atoms with E-state index in [1.54, 1.807) is 18.2 Å². The number of primary amides is 1. The third-order valence-corrected chi connectivity index (χ3v) is 6.70. The molecule has 3 aromatic rings. The normalized spacial score (nSPS) is 14.2. The van der Waals surface area contributed by atoms with Crippen LogP contribution in [-0.2, 0) is 0 Å². The third kappa shape index (κ3) is 6.66. The molecule has 2 heterocycles. The first kappa shape index (κ1) is 26.8. The smallest absolute Gasteiger partial charge is 0.248 e. The van der Waals surface area contributed by atoms with Gasteiger partial charge in [-0.1, -0.05) is 12.1 Å². The number of nitrogens with zero attached hydrogens (tertiary/aromatic N) is 3. The van der Waals surface area contributed by atoms with Gasteiger partial charge < -0.3 is 20.7 Å². The van der Waals surface area contributed by atoms with Crippen molar-refractivity contribution in [3.8, 4) is 17.0 Å². The number of hydrogen-bond acceptors (Lipinski definition) is 7. The Bertz CT molecular complexity index is 1130. The highest BCUT2D eigenvalue weighted by molar-refractivity contribution is 7.14. The maximum Gasteiger partial charge on any atom is 0.248 e. The van der Waals surface area contributed by atoms with Crippen LogP contribution in [0.1, 0.15) is 38.1 Å². The lowest BCUT2D eigenvalue weighted by Gasteiger charge is -2.38. The molecule has 0 bridgehead atoms. The van der Waals surface area contributed by atoms with Gasteiger partial charge in [-0.3, -0.25) is 9.69 Å². The number of piperazine rings is 1. The van der Waals surface area contributed by atoms with Crippen molar-refractivity contribution in [2.24, 2.45) is 5.73 Å². The van der Waals surface area contributed by atoms with Crippen molar-refractivity contribution in [3.63, 3.8) is 0 Å². The predicted octanol–water partition coefficient (Wildman–Crippen LogP) is 5.39. The SMILES string of the molecule is CC(C)Oc1ccc(C(N)=O)cc1Nc1nc(-c2ccc(N3CCN(C(C)C)CC3)cc2)cs1.Cl. The molecule has 3 N–H and O–H groups in total. The number of thiazole rings is 1. The van der Waals surface area contributed by atoms with Crippen LogP contribution in [0.25, 0.3) is 11.3 Å². The maximum atomic E-state index is 11.7. The van der Waals surface area contributed by atoms with Crippen molar-refractivity contribution in [1.29, 1.82) is 0 Å². The van der Waals surface area contributed by atoms with Crippen molar-refractivity contribution in [1.82, 2.24) is 9.88 Å². The molecule has 1 amide bonds. The number of hydrogen-bond donors (Lipinski definition) is 2. The predicted molar refractivity (Wildman–Crippen MR) is 148 cm³/mol. The summed E-state index contributed by atoms with van der Waals surface area (Å²) in [6, 6.07) is 14.3. The van der Waals surface area contributed by atoms with Crippen LogP contribution in [-0.4, -0.2) is 54.1 Å². The largest absolute Gasteiger partial charge is 0.489 e. The van der Waals surface area contributed by atoms with Gasteiger partial charge in [0, 0.05) is 54.4 Å². The lowest BCUT2D eigenvalue weighted by atomic mass is 10.1. The van der Waals surface area contributed by atoms with Crippen molar-refractivity contribution in [2.45, 2.75) is 39.8 Å². The van der Waals surface area contributed by atoms with Gasteiger partial charge in [-0.05, 0) is 58.0 Å². The van der Waals surface area contributed by atoms with E-state index in [1.807, 2.05) is 19.2 Å². The van der Waals surface area contributed by atoms with Crippen LogP contribution in [0.2, 0.25) is 0 Å². The Balaban J connectivity index is 0.00000342. The van der Waals surface area contributed by atoms with E-state index in [4.69, 9.17) is 15.5 Å². The molecule has 1 saturated heterocycles. The minimum Gasteiger partial charge on any atom is -0.489 e. The van der Waals surface area contributed by atoms with Crippen LogP contribution in [0, 0.1) is 0 Å². The van der Waals surface area contributed by atoms with Gasteiger partial charge in [0.05, 0.1) is 17.5 Å². The van der Waals surface area contributed by atoms with Gasteiger partial charge >= 0.3 is 0 Å². The molecule has 0 unspecified atom stereocenters. The van der Waals surface area contributed by atoms with Crippen molar-refractivity contribution in [2.75, 3.05) is 36.4 Å². The number of anilines is 3. The number of benzene rings is 2. The molecule has 2 aromatic carbocycles. The number of nitrogens with one attached hydrogen (secondary N) is 1. The summed E-state index contributed by atoms with van der Waals surface area (Å²) >= 11 is 1.51. The number of aromatic nitrogens is 1. The molecule has 0 atom stereocenters. The summed E-state index contributed by atoms with van der Waals surface area (Å²) in [6.45, 7) is 12.7. The molecule has 1 aliphatic rings. The molecule has 9 heteroatoms. The number of amides is 1. The number of carbonyl (C=O) groups is 1. The van der Waals surface area contributed by atoms with E-state index in [0.717, 1.165) is 42.6 Å². The van der Waals surface area contributed by atoms with Gasteiger partial charge in [-0.2, -0.15) is 0 Å². The molecule has 0 aliphatic carbocycles. The fourth-order valence-electron chi connectivity index (χ4n) is 4.06. The summed E-state index contributed by atoms with van der Waals surface area (Å²) in [6.07, 6.45) is -0.00120. The Morgan fingerprint density at radius 1 is 1.06 bits per heavy atom. The van der Waals surface area contributed by atoms with Gasteiger partial charge in [-0.25, -0.2) is 4.98 Å². The standard InChI is InChI=1S/C26H33N5O2S.ClH/c1-17(2)30-11-13-31(14-12-30)21-8-5-19(6-9-21)23-16-34-26(29-23)28-22-15-20(25(27)32)7-10-24(22)33-18(3)4;/h5-10,15-18H,11-14H2,1-4H3,(H2,27,32)(H,28,29);1H. The molecule has 0 spiro atoms. The first-order valence-electron chi connectivity index (χ1n) is 11.7. The minimum atomic E-state index is -0.482. The first-order chi connectivity index (χ1) is 16.3. The third-order valence-electron chi connectivity index (χ3n) is 5.95. The molecule has 35 heavy (non-hydrogen) atoms. The Labute approximate surface area is 217 Å². The van der Waals surface area contributed by atoms with Crippen LogP contribution in [0.4, 0.5) is 16.5 Å². The molecule has 7 nitrogen and oxygen atoms in total. The van der Waals surface area contributed by atoms with Crippen LogP contribution in [0.15, 0.2) is 47.8 Å². The molecule has 1 aliphatic heterocycles. The molecular weight excluding hydrogens is 482 g/mol. The zero-order valence-corrected chi connectivity index (χ0v) is 22.3. The van der Waals surface area contributed by atoms with Crippen molar-refractivity contribution >= 4 is 46.2 Å². The molecular formula is C26H34ClN5O2S. The molecule has 0 radical (unpaired) electrons. The quantitative estimate of drug-likeness (QED) is 0.418. The second kappa shape index (κ2) is 11.7. The molecule has 1 aromatic heterocycles. The summed E-state index contributed by atoms with van der Waals surface area (Å²) in [7, 11) is 0. The fraction of sp³-hybridized carbons (Fsp3) is 0.385. The highest BCUT2D eigenvalue weighted by Crippen LogP contribution is 2.33.